The third kappa shape index (κ3) is 3.31. The van der Waals surface area contributed by atoms with E-state index in [1.54, 1.807) is 45.6 Å². The summed E-state index contributed by atoms with van der Waals surface area (Å²) in [5, 5.41) is 10.7. The van der Waals surface area contributed by atoms with Crippen LogP contribution in [-0.2, 0) is 0 Å². The van der Waals surface area contributed by atoms with E-state index in [9.17, 15) is 5.11 Å². The van der Waals surface area contributed by atoms with Crippen LogP contribution in [0.2, 0.25) is 0 Å². The molecule has 0 amide bonds. The van der Waals surface area contributed by atoms with Crippen molar-refractivity contribution in [3.63, 3.8) is 0 Å². The van der Waals surface area contributed by atoms with Gasteiger partial charge in [0.05, 0.1) is 21.3 Å². The van der Waals surface area contributed by atoms with Gasteiger partial charge in [-0.15, -0.1) is 0 Å². The molecule has 0 bridgehead atoms. The molecule has 112 valence electrons. The van der Waals surface area contributed by atoms with E-state index in [2.05, 4.69) is 15.9 Å². The van der Waals surface area contributed by atoms with E-state index in [4.69, 9.17) is 14.2 Å². The number of benzene rings is 2. The second-order valence-corrected chi connectivity index (χ2v) is 5.25. The lowest BCUT2D eigenvalue weighted by molar-refractivity contribution is 0.213. The number of hydrogen-bond donors (Lipinski definition) is 1. The average Bonchev–Trinajstić information content (AvgIpc) is 2.53. The molecule has 0 saturated heterocycles. The van der Waals surface area contributed by atoms with E-state index in [1.165, 1.54) is 0 Å². The van der Waals surface area contributed by atoms with Gasteiger partial charge in [0.15, 0.2) is 0 Å². The zero-order valence-corrected chi connectivity index (χ0v) is 13.7. The summed E-state index contributed by atoms with van der Waals surface area (Å²) >= 11 is 3.46. The lowest BCUT2D eigenvalue weighted by atomic mass is 10.00. The molecule has 0 aromatic heterocycles. The summed E-state index contributed by atoms with van der Waals surface area (Å²) in [4.78, 5) is 0. The predicted molar refractivity (Wildman–Crippen MR) is 84.3 cm³/mol. The minimum absolute atomic E-state index is 0.603. The summed E-state index contributed by atoms with van der Waals surface area (Å²) in [6.45, 7) is 0. The molecular weight excluding hydrogens is 336 g/mol. The summed E-state index contributed by atoms with van der Waals surface area (Å²) in [6.07, 6.45) is -0.838. The molecule has 21 heavy (non-hydrogen) atoms. The smallest absolute Gasteiger partial charge is 0.125 e. The number of rotatable bonds is 5. The molecule has 0 aliphatic carbocycles. The van der Waals surface area contributed by atoms with Crippen molar-refractivity contribution in [3.8, 4) is 17.2 Å². The zero-order valence-electron chi connectivity index (χ0n) is 12.1. The number of halogens is 1. The Morgan fingerprint density at radius 3 is 2.05 bits per heavy atom. The van der Waals surface area contributed by atoms with Crippen molar-refractivity contribution in [1.29, 1.82) is 0 Å². The Kier molecular flexibility index (Phi) is 5.09. The molecule has 0 aliphatic heterocycles. The Balaban J connectivity index is 2.45. The van der Waals surface area contributed by atoms with E-state index >= 15 is 0 Å². The van der Waals surface area contributed by atoms with Crippen molar-refractivity contribution in [2.75, 3.05) is 21.3 Å². The standard InChI is InChI=1S/C16H17BrO4/c1-19-10-5-7-15(21-3)13(8-10)16(18)12-6-4-11(20-2)9-14(12)17/h4-9,16,18H,1-3H3. The summed E-state index contributed by atoms with van der Waals surface area (Å²) < 4.78 is 16.4. The minimum atomic E-state index is -0.838. The summed E-state index contributed by atoms with van der Waals surface area (Å²) in [5.41, 5.74) is 1.37. The second-order valence-electron chi connectivity index (χ2n) is 4.40. The van der Waals surface area contributed by atoms with Crippen molar-refractivity contribution < 1.29 is 19.3 Å². The predicted octanol–water partition coefficient (Wildman–Crippen LogP) is 3.56. The molecule has 0 saturated carbocycles. The molecule has 0 heterocycles. The molecule has 0 radical (unpaired) electrons. The van der Waals surface area contributed by atoms with Gasteiger partial charge in [-0.2, -0.15) is 0 Å². The molecule has 2 aromatic carbocycles. The van der Waals surface area contributed by atoms with Crippen LogP contribution in [0.25, 0.3) is 0 Å². The van der Waals surface area contributed by atoms with E-state index in [0.717, 1.165) is 15.8 Å². The van der Waals surface area contributed by atoms with Crippen molar-refractivity contribution in [2.24, 2.45) is 0 Å². The maximum atomic E-state index is 10.7. The Hall–Kier alpha value is -1.72. The Morgan fingerprint density at radius 2 is 1.48 bits per heavy atom. The van der Waals surface area contributed by atoms with Gasteiger partial charge in [0.25, 0.3) is 0 Å². The van der Waals surface area contributed by atoms with E-state index in [-0.39, 0.29) is 0 Å². The normalized spacial score (nSPS) is 11.9. The van der Waals surface area contributed by atoms with Gasteiger partial charge in [0, 0.05) is 10.0 Å². The molecular formula is C16H17BrO4. The molecule has 2 aromatic rings. The first kappa shape index (κ1) is 15.7. The Morgan fingerprint density at radius 1 is 0.857 bits per heavy atom. The highest BCUT2D eigenvalue weighted by Crippen LogP contribution is 2.36. The Bertz CT molecular complexity index is 628. The number of hydrogen-bond acceptors (Lipinski definition) is 4. The average molecular weight is 353 g/mol. The quantitative estimate of drug-likeness (QED) is 0.893. The van der Waals surface area contributed by atoms with Crippen LogP contribution in [0.4, 0.5) is 0 Å². The first-order valence-electron chi connectivity index (χ1n) is 6.34. The van der Waals surface area contributed by atoms with Gasteiger partial charge in [0.1, 0.15) is 23.4 Å². The molecule has 1 N–H and O–H groups in total. The topological polar surface area (TPSA) is 47.9 Å². The third-order valence-electron chi connectivity index (χ3n) is 3.23. The molecule has 4 nitrogen and oxygen atoms in total. The molecule has 0 spiro atoms. The maximum absolute atomic E-state index is 10.7. The number of aliphatic hydroxyl groups is 1. The molecule has 1 atom stereocenters. The largest absolute Gasteiger partial charge is 0.497 e. The molecule has 1 unspecified atom stereocenters. The third-order valence-corrected chi connectivity index (χ3v) is 3.92. The van der Waals surface area contributed by atoms with Crippen LogP contribution in [0.15, 0.2) is 40.9 Å². The van der Waals surface area contributed by atoms with Gasteiger partial charge in [-0.05, 0) is 35.9 Å². The van der Waals surface area contributed by atoms with Gasteiger partial charge >= 0.3 is 0 Å². The van der Waals surface area contributed by atoms with Gasteiger partial charge < -0.3 is 19.3 Å². The van der Waals surface area contributed by atoms with Crippen LogP contribution < -0.4 is 14.2 Å². The first-order chi connectivity index (χ1) is 10.1. The van der Waals surface area contributed by atoms with Crippen LogP contribution >= 0.6 is 15.9 Å². The molecule has 2 rings (SSSR count). The monoisotopic (exact) mass is 352 g/mol. The highest BCUT2D eigenvalue weighted by atomic mass is 79.9. The second kappa shape index (κ2) is 6.83. The van der Waals surface area contributed by atoms with E-state index in [1.807, 2.05) is 12.1 Å². The minimum Gasteiger partial charge on any atom is -0.497 e. The van der Waals surface area contributed by atoms with E-state index in [0.29, 0.717) is 17.1 Å². The van der Waals surface area contributed by atoms with Crippen molar-refractivity contribution in [1.82, 2.24) is 0 Å². The lowest BCUT2D eigenvalue weighted by Crippen LogP contribution is -2.04. The summed E-state index contributed by atoms with van der Waals surface area (Å²) in [5.74, 6) is 1.98. The van der Waals surface area contributed by atoms with Gasteiger partial charge in [0.2, 0.25) is 0 Å². The van der Waals surface area contributed by atoms with Crippen LogP contribution in [0.3, 0.4) is 0 Å². The van der Waals surface area contributed by atoms with Crippen LogP contribution in [0, 0.1) is 0 Å². The Labute approximate surface area is 132 Å². The van der Waals surface area contributed by atoms with Gasteiger partial charge in [-0.25, -0.2) is 0 Å². The molecule has 0 fully saturated rings. The summed E-state index contributed by atoms with van der Waals surface area (Å²) in [7, 11) is 4.76. The fourth-order valence-electron chi connectivity index (χ4n) is 2.08. The SMILES string of the molecule is COc1ccc(C(O)c2cc(OC)ccc2OC)c(Br)c1. The lowest BCUT2D eigenvalue weighted by Gasteiger charge is -2.18. The number of ether oxygens (including phenoxy) is 3. The highest BCUT2D eigenvalue weighted by Gasteiger charge is 2.19. The van der Waals surface area contributed by atoms with Crippen LogP contribution in [-0.4, -0.2) is 26.4 Å². The number of methoxy groups -OCH3 is 3. The van der Waals surface area contributed by atoms with Crippen molar-refractivity contribution in [2.45, 2.75) is 6.10 Å². The fourth-order valence-corrected chi connectivity index (χ4v) is 2.65. The van der Waals surface area contributed by atoms with Crippen molar-refractivity contribution >= 4 is 15.9 Å². The first-order valence-corrected chi connectivity index (χ1v) is 7.13. The van der Waals surface area contributed by atoms with E-state index < -0.39 is 6.10 Å². The highest BCUT2D eigenvalue weighted by molar-refractivity contribution is 9.10. The zero-order chi connectivity index (χ0) is 15.4. The van der Waals surface area contributed by atoms with Gasteiger partial charge in [-0.1, -0.05) is 22.0 Å². The van der Waals surface area contributed by atoms with Crippen molar-refractivity contribution in [3.05, 3.63) is 52.0 Å². The fraction of sp³-hybridized carbons (Fsp3) is 0.250. The number of aliphatic hydroxyl groups excluding tert-OH is 1. The van der Waals surface area contributed by atoms with Crippen LogP contribution in [0.1, 0.15) is 17.2 Å². The molecule has 0 aliphatic rings. The van der Waals surface area contributed by atoms with Crippen LogP contribution in [0.5, 0.6) is 17.2 Å². The summed E-state index contributed by atoms with van der Waals surface area (Å²) in [6, 6.07) is 10.8. The maximum Gasteiger partial charge on any atom is 0.125 e. The van der Waals surface area contributed by atoms with Gasteiger partial charge in [-0.3, -0.25) is 0 Å². The molecule has 5 heteroatoms.